The molecule has 2 aromatic heterocycles. The van der Waals surface area contributed by atoms with E-state index in [9.17, 15) is 0 Å². The minimum Gasteiger partial charge on any atom is -0.384 e. The number of hydrogen-bond acceptors (Lipinski definition) is 6. The van der Waals surface area contributed by atoms with Crippen molar-refractivity contribution in [1.29, 1.82) is 0 Å². The van der Waals surface area contributed by atoms with Crippen molar-refractivity contribution >= 4 is 5.82 Å². The highest BCUT2D eigenvalue weighted by Gasteiger charge is 2.26. The Kier molecular flexibility index (Phi) is 6.52. The summed E-state index contributed by atoms with van der Waals surface area (Å²) in [5.41, 5.74) is 8.33. The monoisotopic (exact) mass is 381 g/mol. The Morgan fingerprint density at radius 2 is 1.54 bits per heavy atom. The molecule has 6 nitrogen and oxygen atoms in total. The fraction of sp³-hybridized carbons (Fsp3) is 0.545. The molecular weight excluding hydrogens is 350 g/mol. The van der Waals surface area contributed by atoms with Gasteiger partial charge < -0.3 is 10.5 Å². The maximum Gasteiger partial charge on any atom is 0.123 e. The van der Waals surface area contributed by atoms with Crippen molar-refractivity contribution in [3.05, 3.63) is 54.0 Å². The summed E-state index contributed by atoms with van der Waals surface area (Å²) < 4.78 is 6.45. The van der Waals surface area contributed by atoms with Gasteiger partial charge in [0.05, 0.1) is 12.2 Å². The largest absolute Gasteiger partial charge is 0.384 e. The number of piperidine rings is 2. The molecule has 4 rings (SSSR count). The van der Waals surface area contributed by atoms with Crippen LogP contribution in [0.5, 0.6) is 0 Å². The zero-order valence-corrected chi connectivity index (χ0v) is 16.5. The van der Waals surface area contributed by atoms with Crippen LogP contribution in [0.1, 0.15) is 36.8 Å². The summed E-state index contributed by atoms with van der Waals surface area (Å²) in [4.78, 5) is 13.3. The van der Waals surface area contributed by atoms with Gasteiger partial charge in [-0.1, -0.05) is 6.07 Å². The van der Waals surface area contributed by atoms with E-state index in [1.54, 1.807) is 6.20 Å². The minimum atomic E-state index is 0.411. The molecule has 2 aliphatic rings. The average Bonchev–Trinajstić information content (AvgIpc) is 2.72. The highest BCUT2D eigenvalue weighted by molar-refractivity contribution is 5.31. The second kappa shape index (κ2) is 9.45. The molecule has 0 aliphatic carbocycles. The molecule has 0 bridgehead atoms. The molecule has 4 heterocycles. The number of pyridine rings is 2. The fourth-order valence-corrected chi connectivity index (χ4v) is 4.28. The van der Waals surface area contributed by atoms with E-state index in [0.717, 1.165) is 65.0 Å². The summed E-state index contributed by atoms with van der Waals surface area (Å²) in [6.07, 6.45) is 10.9. The Bertz CT molecular complexity index is 725. The smallest absolute Gasteiger partial charge is 0.123 e. The molecule has 2 fully saturated rings. The van der Waals surface area contributed by atoms with Crippen molar-refractivity contribution in [1.82, 2.24) is 19.8 Å². The van der Waals surface area contributed by atoms with Gasteiger partial charge in [0.1, 0.15) is 5.82 Å². The second-order valence-corrected chi connectivity index (χ2v) is 8.04. The topological polar surface area (TPSA) is 67.5 Å². The highest BCUT2D eigenvalue weighted by Crippen LogP contribution is 2.22. The van der Waals surface area contributed by atoms with Crippen LogP contribution in [0.25, 0.3) is 0 Å². The van der Waals surface area contributed by atoms with Crippen molar-refractivity contribution in [3.8, 4) is 0 Å². The summed E-state index contributed by atoms with van der Waals surface area (Å²) in [5, 5.41) is 0. The molecular formula is C22H31N5O. The number of anilines is 1. The quantitative estimate of drug-likeness (QED) is 0.830. The number of hydrogen-bond donors (Lipinski definition) is 1. The molecule has 28 heavy (non-hydrogen) atoms. The summed E-state index contributed by atoms with van der Waals surface area (Å²) in [5.74, 6) is 0.602. The van der Waals surface area contributed by atoms with Gasteiger partial charge in [-0.05, 0) is 55.0 Å². The van der Waals surface area contributed by atoms with Gasteiger partial charge >= 0.3 is 0 Å². The molecule has 0 unspecified atom stereocenters. The maximum atomic E-state index is 6.45. The Labute approximate surface area is 167 Å². The molecule has 0 spiro atoms. The molecule has 6 heteroatoms. The number of rotatable bonds is 6. The van der Waals surface area contributed by atoms with Crippen molar-refractivity contribution in [2.75, 3.05) is 31.9 Å². The van der Waals surface area contributed by atoms with Crippen LogP contribution < -0.4 is 5.73 Å². The Morgan fingerprint density at radius 1 is 0.893 bits per heavy atom. The van der Waals surface area contributed by atoms with Crippen LogP contribution in [0, 0.1) is 0 Å². The summed E-state index contributed by atoms with van der Waals surface area (Å²) >= 11 is 0. The first-order valence-corrected chi connectivity index (χ1v) is 10.4. The van der Waals surface area contributed by atoms with Crippen LogP contribution in [0.3, 0.4) is 0 Å². The first kappa shape index (κ1) is 19.3. The van der Waals surface area contributed by atoms with Crippen LogP contribution in [0.15, 0.2) is 42.9 Å². The standard InChI is InChI=1S/C22H31N5O/c23-22-14-18(3-9-25-22)16-26-10-4-20(5-11-26)28-21-6-12-27(13-7-21)17-19-2-1-8-24-15-19/h1-3,8-9,14-15,20-21H,4-7,10-13,16-17H2,(H2,23,25). The Morgan fingerprint density at radius 3 is 2.11 bits per heavy atom. The van der Waals surface area contributed by atoms with E-state index < -0.39 is 0 Å². The number of ether oxygens (including phenoxy) is 1. The predicted octanol–water partition coefficient (Wildman–Crippen LogP) is 2.70. The molecule has 0 saturated carbocycles. The van der Waals surface area contributed by atoms with E-state index in [4.69, 9.17) is 10.5 Å². The van der Waals surface area contributed by atoms with E-state index in [2.05, 4.69) is 31.9 Å². The van der Waals surface area contributed by atoms with Crippen LogP contribution in [0.2, 0.25) is 0 Å². The van der Waals surface area contributed by atoms with Crippen LogP contribution in [-0.4, -0.2) is 58.2 Å². The number of nitrogen functional groups attached to an aromatic ring is 1. The minimum absolute atomic E-state index is 0.411. The molecule has 2 aromatic rings. The lowest BCUT2D eigenvalue weighted by molar-refractivity contribution is -0.0664. The highest BCUT2D eigenvalue weighted by atomic mass is 16.5. The second-order valence-electron chi connectivity index (χ2n) is 8.04. The molecule has 0 aromatic carbocycles. The third kappa shape index (κ3) is 5.50. The van der Waals surface area contributed by atoms with E-state index in [-0.39, 0.29) is 0 Å². The Hall–Kier alpha value is -2.02. The zero-order chi connectivity index (χ0) is 19.2. The SMILES string of the molecule is Nc1cc(CN2CCC(OC3CCN(Cc4cccnc4)CC3)CC2)ccn1. The molecule has 0 radical (unpaired) electrons. The lowest BCUT2D eigenvalue weighted by Crippen LogP contribution is -2.41. The number of likely N-dealkylation sites (tertiary alicyclic amines) is 2. The van der Waals surface area contributed by atoms with Gasteiger partial charge in [0, 0.05) is 57.9 Å². The molecule has 2 N–H and O–H groups in total. The summed E-state index contributed by atoms with van der Waals surface area (Å²) in [7, 11) is 0. The summed E-state index contributed by atoms with van der Waals surface area (Å²) in [6.45, 7) is 6.36. The van der Waals surface area contributed by atoms with E-state index in [0.29, 0.717) is 18.0 Å². The van der Waals surface area contributed by atoms with Crippen molar-refractivity contribution in [3.63, 3.8) is 0 Å². The zero-order valence-electron chi connectivity index (χ0n) is 16.5. The number of nitrogens with two attached hydrogens (primary N) is 1. The lowest BCUT2D eigenvalue weighted by atomic mass is 10.0. The van der Waals surface area contributed by atoms with Gasteiger partial charge in [0.25, 0.3) is 0 Å². The van der Waals surface area contributed by atoms with Gasteiger partial charge in [-0.3, -0.25) is 14.8 Å². The van der Waals surface area contributed by atoms with Gasteiger partial charge in [0.2, 0.25) is 0 Å². The van der Waals surface area contributed by atoms with Crippen molar-refractivity contribution in [2.24, 2.45) is 0 Å². The van der Waals surface area contributed by atoms with Crippen LogP contribution in [0.4, 0.5) is 5.82 Å². The first-order valence-electron chi connectivity index (χ1n) is 10.4. The fourth-order valence-electron chi connectivity index (χ4n) is 4.28. The van der Waals surface area contributed by atoms with Crippen molar-refractivity contribution < 1.29 is 4.74 Å². The predicted molar refractivity (Wildman–Crippen MR) is 111 cm³/mol. The number of nitrogens with zero attached hydrogens (tertiary/aromatic N) is 4. The third-order valence-electron chi connectivity index (χ3n) is 5.83. The normalized spacial score (nSPS) is 20.4. The van der Waals surface area contributed by atoms with Gasteiger partial charge in [-0.15, -0.1) is 0 Å². The van der Waals surface area contributed by atoms with Gasteiger partial charge in [0.15, 0.2) is 0 Å². The first-order chi connectivity index (χ1) is 13.7. The van der Waals surface area contributed by atoms with E-state index in [1.807, 2.05) is 24.5 Å². The van der Waals surface area contributed by atoms with E-state index >= 15 is 0 Å². The molecule has 2 saturated heterocycles. The van der Waals surface area contributed by atoms with Gasteiger partial charge in [-0.2, -0.15) is 0 Å². The molecule has 2 aliphatic heterocycles. The number of aromatic nitrogens is 2. The summed E-state index contributed by atoms with van der Waals surface area (Å²) in [6, 6.07) is 8.20. The third-order valence-corrected chi connectivity index (χ3v) is 5.83. The lowest BCUT2D eigenvalue weighted by Gasteiger charge is -2.37. The Balaban J connectivity index is 1.16. The van der Waals surface area contributed by atoms with Gasteiger partial charge in [-0.25, -0.2) is 4.98 Å². The molecule has 0 amide bonds. The molecule has 0 atom stereocenters. The van der Waals surface area contributed by atoms with Crippen molar-refractivity contribution in [2.45, 2.75) is 51.0 Å². The van der Waals surface area contributed by atoms with Crippen LogP contribution in [-0.2, 0) is 17.8 Å². The average molecular weight is 382 g/mol. The maximum absolute atomic E-state index is 6.45. The van der Waals surface area contributed by atoms with E-state index in [1.165, 1.54) is 11.1 Å². The van der Waals surface area contributed by atoms with Crippen LogP contribution >= 0.6 is 0 Å². The molecule has 150 valence electrons.